The predicted molar refractivity (Wildman–Crippen MR) is 64.6 cm³/mol. The Balaban J connectivity index is 1.62. The maximum atomic E-state index is 6.03. The zero-order valence-corrected chi connectivity index (χ0v) is 10.1. The van der Waals surface area contributed by atoms with Crippen LogP contribution in [0.5, 0.6) is 0 Å². The van der Waals surface area contributed by atoms with Crippen LogP contribution in [-0.2, 0) is 9.47 Å². The van der Waals surface area contributed by atoms with Gasteiger partial charge in [0.2, 0.25) is 0 Å². The molecule has 0 radical (unpaired) electrons. The molecule has 3 nitrogen and oxygen atoms in total. The van der Waals surface area contributed by atoms with E-state index in [0.717, 1.165) is 32.6 Å². The van der Waals surface area contributed by atoms with Crippen LogP contribution >= 0.6 is 0 Å². The highest BCUT2D eigenvalue weighted by Crippen LogP contribution is 2.19. The van der Waals surface area contributed by atoms with Crippen LogP contribution in [0.2, 0.25) is 0 Å². The van der Waals surface area contributed by atoms with Gasteiger partial charge in [0.15, 0.2) is 0 Å². The summed E-state index contributed by atoms with van der Waals surface area (Å²) in [4.78, 5) is 2.51. The summed E-state index contributed by atoms with van der Waals surface area (Å²) in [6.07, 6.45) is 7.36. The molecule has 0 aromatic heterocycles. The predicted octanol–water partition coefficient (Wildman–Crippen LogP) is 1.83. The van der Waals surface area contributed by atoms with Gasteiger partial charge in [-0.05, 0) is 25.7 Å². The van der Waals surface area contributed by atoms with Crippen molar-refractivity contribution in [1.29, 1.82) is 0 Å². The smallest absolute Gasteiger partial charge is 0.0834 e. The summed E-state index contributed by atoms with van der Waals surface area (Å²) < 4.78 is 11.4. The standard InChI is InChI=1S/C13H23NO2/c1-2-3-7-14-8-4-12(5-9-14)16-13-6-10-15-11-13/h2,12-13H,1,3-11H2. The van der Waals surface area contributed by atoms with Gasteiger partial charge in [0.1, 0.15) is 0 Å². The van der Waals surface area contributed by atoms with E-state index in [9.17, 15) is 0 Å². The van der Waals surface area contributed by atoms with Crippen molar-refractivity contribution in [3.8, 4) is 0 Å². The molecule has 2 saturated heterocycles. The van der Waals surface area contributed by atoms with Crippen molar-refractivity contribution in [3.63, 3.8) is 0 Å². The lowest BCUT2D eigenvalue weighted by Crippen LogP contribution is -2.38. The molecule has 0 aliphatic carbocycles. The summed E-state index contributed by atoms with van der Waals surface area (Å²) in [7, 11) is 0. The lowest BCUT2D eigenvalue weighted by Gasteiger charge is -2.32. The highest BCUT2D eigenvalue weighted by molar-refractivity contribution is 4.77. The monoisotopic (exact) mass is 225 g/mol. The molecule has 3 heteroatoms. The summed E-state index contributed by atoms with van der Waals surface area (Å²) in [6, 6.07) is 0. The summed E-state index contributed by atoms with van der Waals surface area (Å²) in [5.74, 6) is 0. The van der Waals surface area contributed by atoms with Gasteiger partial charge in [0, 0.05) is 26.2 Å². The first-order chi connectivity index (χ1) is 7.88. The lowest BCUT2D eigenvalue weighted by molar-refractivity contribution is -0.0436. The molecule has 0 spiro atoms. The quantitative estimate of drug-likeness (QED) is 0.666. The van der Waals surface area contributed by atoms with Crippen molar-refractivity contribution < 1.29 is 9.47 Å². The minimum Gasteiger partial charge on any atom is -0.379 e. The van der Waals surface area contributed by atoms with Crippen molar-refractivity contribution in [2.45, 2.75) is 37.9 Å². The van der Waals surface area contributed by atoms with E-state index in [1.54, 1.807) is 0 Å². The SMILES string of the molecule is C=CCCN1CCC(OC2CCOC2)CC1. The van der Waals surface area contributed by atoms with Gasteiger partial charge in [-0.15, -0.1) is 6.58 Å². The Labute approximate surface area is 98.4 Å². The number of piperidine rings is 1. The second kappa shape index (κ2) is 6.38. The molecule has 0 aromatic rings. The average Bonchev–Trinajstić information content (AvgIpc) is 2.81. The molecule has 2 aliphatic rings. The van der Waals surface area contributed by atoms with Gasteiger partial charge in [0.05, 0.1) is 18.8 Å². The third kappa shape index (κ3) is 3.58. The van der Waals surface area contributed by atoms with Gasteiger partial charge in [-0.1, -0.05) is 6.08 Å². The molecular formula is C13H23NO2. The number of hydrogen-bond donors (Lipinski definition) is 0. The molecular weight excluding hydrogens is 202 g/mol. The van der Waals surface area contributed by atoms with Crippen molar-refractivity contribution in [3.05, 3.63) is 12.7 Å². The zero-order valence-electron chi connectivity index (χ0n) is 10.1. The van der Waals surface area contributed by atoms with E-state index in [4.69, 9.17) is 9.47 Å². The van der Waals surface area contributed by atoms with E-state index in [0.29, 0.717) is 12.2 Å². The molecule has 1 unspecified atom stereocenters. The summed E-state index contributed by atoms with van der Waals surface area (Å²) in [5.41, 5.74) is 0. The Morgan fingerprint density at radius 2 is 2.06 bits per heavy atom. The van der Waals surface area contributed by atoms with Crippen molar-refractivity contribution in [1.82, 2.24) is 4.90 Å². The molecule has 0 bridgehead atoms. The summed E-state index contributed by atoms with van der Waals surface area (Å²) in [5, 5.41) is 0. The highest BCUT2D eigenvalue weighted by atomic mass is 16.5. The van der Waals surface area contributed by atoms with Crippen LogP contribution in [0.1, 0.15) is 25.7 Å². The van der Waals surface area contributed by atoms with E-state index in [-0.39, 0.29) is 0 Å². The Bertz CT molecular complexity index is 206. The van der Waals surface area contributed by atoms with E-state index in [1.807, 2.05) is 6.08 Å². The highest BCUT2D eigenvalue weighted by Gasteiger charge is 2.24. The van der Waals surface area contributed by atoms with Crippen molar-refractivity contribution in [2.75, 3.05) is 32.8 Å². The maximum absolute atomic E-state index is 6.03. The van der Waals surface area contributed by atoms with Crippen LogP contribution in [0.4, 0.5) is 0 Å². The van der Waals surface area contributed by atoms with Gasteiger partial charge in [-0.3, -0.25) is 0 Å². The lowest BCUT2D eigenvalue weighted by atomic mass is 10.1. The molecule has 1 atom stereocenters. The third-order valence-corrected chi connectivity index (χ3v) is 3.46. The van der Waals surface area contributed by atoms with Gasteiger partial charge in [0.25, 0.3) is 0 Å². The Morgan fingerprint density at radius 1 is 1.25 bits per heavy atom. The van der Waals surface area contributed by atoms with E-state index in [2.05, 4.69) is 11.5 Å². The van der Waals surface area contributed by atoms with Gasteiger partial charge in [-0.25, -0.2) is 0 Å². The fourth-order valence-corrected chi connectivity index (χ4v) is 2.44. The average molecular weight is 225 g/mol. The molecule has 0 aromatic carbocycles. The first kappa shape index (κ1) is 12.1. The van der Waals surface area contributed by atoms with Crippen molar-refractivity contribution >= 4 is 0 Å². The number of likely N-dealkylation sites (tertiary alicyclic amines) is 1. The largest absolute Gasteiger partial charge is 0.379 e. The van der Waals surface area contributed by atoms with E-state index >= 15 is 0 Å². The topological polar surface area (TPSA) is 21.7 Å². The minimum absolute atomic E-state index is 0.365. The number of hydrogen-bond acceptors (Lipinski definition) is 3. The van der Waals surface area contributed by atoms with E-state index in [1.165, 1.54) is 25.9 Å². The molecule has 2 aliphatic heterocycles. The first-order valence-corrected chi connectivity index (χ1v) is 6.45. The molecule has 2 rings (SSSR count). The van der Waals surface area contributed by atoms with Crippen LogP contribution in [-0.4, -0.2) is 50.0 Å². The minimum atomic E-state index is 0.365. The molecule has 2 heterocycles. The molecule has 2 fully saturated rings. The fraction of sp³-hybridized carbons (Fsp3) is 0.846. The summed E-state index contributed by atoms with van der Waals surface area (Å²) in [6.45, 7) is 8.94. The second-order valence-electron chi connectivity index (χ2n) is 4.74. The van der Waals surface area contributed by atoms with Gasteiger partial charge in [-0.2, -0.15) is 0 Å². The molecule has 0 saturated carbocycles. The van der Waals surface area contributed by atoms with Crippen LogP contribution in [0.25, 0.3) is 0 Å². The van der Waals surface area contributed by atoms with Crippen LogP contribution < -0.4 is 0 Å². The molecule has 16 heavy (non-hydrogen) atoms. The summed E-state index contributed by atoms with van der Waals surface area (Å²) >= 11 is 0. The van der Waals surface area contributed by atoms with Crippen LogP contribution in [0, 0.1) is 0 Å². The number of rotatable bonds is 5. The number of ether oxygens (including phenoxy) is 2. The first-order valence-electron chi connectivity index (χ1n) is 6.45. The van der Waals surface area contributed by atoms with E-state index < -0.39 is 0 Å². The zero-order chi connectivity index (χ0) is 11.2. The Morgan fingerprint density at radius 3 is 2.69 bits per heavy atom. The Hall–Kier alpha value is -0.380. The second-order valence-corrected chi connectivity index (χ2v) is 4.74. The maximum Gasteiger partial charge on any atom is 0.0834 e. The molecule has 92 valence electrons. The third-order valence-electron chi connectivity index (χ3n) is 3.46. The number of nitrogens with zero attached hydrogens (tertiary/aromatic N) is 1. The van der Waals surface area contributed by atoms with Crippen LogP contribution in [0.3, 0.4) is 0 Å². The van der Waals surface area contributed by atoms with Gasteiger partial charge >= 0.3 is 0 Å². The normalized spacial score (nSPS) is 28.4. The van der Waals surface area contributed by atoms with Crippen LogP contribution in [0.15, 0.2) is 12.7 Å². The van der Waals surface area contributed by atoms with Crippen molar-refractivity contribution in [2.24, 2.45) is 0 Å². The molecule has 0 N–H and O–H groups in total. The molecule has 0 amide bonds. The van der Waals surface area contributed by atoms with Gasteiger partial charge < -0.3 is 14.4 Å². The Kier molecular flexibility index (Phi) is 4.82. The fourth-order valence-electron chi connectivity index (χ4n) is 2.44.